The second-order valence-corrected chi connectivity index (χ2v) is 5.31. The average Bonchev–Trinajstić information content (AvgIpc) is 2.74. The minimum Gasteiger partial charge on any atom is -0.396 e. The predicted molar refractivity (Wildman–Crippen MR) is 63.6 cm³/mol. The largest absolute Gasteiger partial charge is 0.396 e. The smallest absolute Gasteiger partial charge is 0.158 e. The highest BCUT2D eigenvalue weighted by atomic mass is 32.1. The van der Waals surface area contributed by atoms with Crippen molar-refractivity contribution in [1.29, 1.82) is 0 Å². The van der Waals surface area contributed by atoms with E-state index in [1.165, 1.54) is 21.8 Å². The molecule has 2 nitrogen and oxygen atoms in total. The molecule has 2 aromatic heterocycles. The van der Waals surface area contributed by atoms with Crippen LogP contribution in [-0.2, 0) is 6.42 Å². The van der Waals surface area contributed by atoms with Gasteiger partial charge in [-0.2, -0.15) is 0 Å². The van der Waals surface area contributed by atoms with Gasteiger partial charge in [-0.25, -0.2) is 0 Å². The number of thiophene rings is 1. The summed E-state index contributed by atoms with van der Waals surface area (Å²) in [5.74, 6) is 0. The molecule has 0 aliphatic heterocycles. The lowest BCUT2D eigenvalue weighted by atomic mass is 10.2. The Bertz CT molecular complexity index is 468. The number of nitrogens with one attached hydrogen (secondary N) is 1. The number of hydrogen-bond donors (Lipinski definition) is 2. The van der Waals surface area contributed by atoms with Crippen molar-refractivity contribution in [3.05, 3.63) is 26.3 Å². The van der Waals surface area contributed by atoms with Gasteiger partial charge in [0.25, 0.3) is 0 Å². The summed E-state index contributed by atoms with van der Waals surface area (Å²) < 4.78 is 0.803. The topological polar surface area (TPSA) is 36.0 Å². The number of thiazole rings is 1. The van der Waals surface area contributed by atoms with Crippen LogP contribution in [0.5, 0.6) is 0 Å². The molecule has 2 N–H and O–H groups in total. The number of aromatic amines is 1. The van der Waals surface area contributed by atoms with E-state index in [4.69, 9.17) is 17.3 Å². The van der Waals surface area contributed by atoms with Crippen LogP contribution < -0.4 is 0 Å². The summed E-state index contributed by atoms with van der Waals surface area (Å²) in [5.41, 5.74) is 2.26. The van der Waals surface area contributed by atoms with Crippen molar-refractivity contribution in [1.82, 2.24) is 4.98 Å². The lowest BCUT2D eigenvalue weighted by Crippen LogP contribution is -1.86. The number of hydrogen-bond acceptors (Lipinski definition) is 4. The number of aliphatic hydroxyl groups is 1. The predicted octanol–water partition coefficient (Wildman–Crippen LogP) is 3.07. The van der Waals surface area contributed by atoms with Crippen LogP contribution in [0.1, 0.15) is 5.56 Å². The van der Waals surface area contributed by atoms with E-state index in [1.54, 1.807) is 11.3 Å². The summed E-state index contributed by atoms with van der Waals surface area (Å²) in [4.78, 5) is 4.31. The van der Waals surface area contributed by atoms with E-state index < -0.39 is 0 Å². The van der Waals surface area contributed by atoms with Crippen molar-refractivity contribution < 1.29 is 5.11 Å². The van der Waals surface area contributed by atoms with Crippen molar-refractivity contribution in [2.75, 3.05) is 6.61 Å². The molecule has 0 aromatic carbocycles. The molecule has 5 heteroatoms. The summed E-state index contributed by atoms with van der Waals surface area (Å²) in [7, 11) is 0. The lowest BCUT2D eigenvalue weighted by molar-refractivity contribution is 0.300. The van der Waals surface area contributed by atoms with Crippen molar-refractivity contribution >= 4 is 34.9 Å². The van der Waals surface area contributed by atoms with Crippen molar-refractivity contribution in [3.63, 3.8) is 0 Å². The number of rotatable bonds is 3. The van der Waals surface area contributed by atoms with E-state index in [0.29, 0.717) is 0 Å². The van der Waals surface area contributed by atoms with Crippen LogP contribution in [0.3, 0.4) is 0 Å². The molecule has 2 aromatic rings. The van der Waals surface area contributed by atoms with Gasteiger partial charge in [0.2, 0.25) is 0 Å². The molecule has 0 atom stereocenters. The van der Waals surface area contributed by atoms with E-state index in [1.807, 2.05) is 5.38 Å². The Balaban J connectivity index is 2.28. The zero-order valence-corrected chi connectivity index (χ0v) is 9.77. The Morgan fingerprint density at radius 2 is 2.21 bits per heavy atom. The Morgan fingerprint density at radius 1 is 1.36 bits per heavy atom. The Kier molecular flexibility index (Phi) is 3.12. The molecule has 0 aliphatic carbocycles. The van der Waals surface area contributed by atoms with Gasteiger partial charge in [0.1, 0.15) is 0 Å². The molecule has 0 spiro atoms. The van der Waals surface area contributed by atoms with Crippen LogP contribution in [0.15, 0.2) is 16.8 Å². The van der Waals surface area contributed by atoms with Crippen LogP contribution >= 0.6 is 34.9 Å². The highest BCUT2D eigenvalue weighted by molar-refractivity contribution is 7.73. The second kappa shape index (κ2) is 4.35. The summed E-state index contributed by atoms with van der Waals surface area (Å²) >= 11 is 8.23. The van der Waals surface area contributed by atoms with E-state index in [0.717, 1.165) is 16.1 Å². The van der Waals surface area contributed by atoms with E-state index in [9.17, 15) is 0 Å². The van der Waals surface area contributed by atoms with Gasteiger partial charge in [-0.15, -0.1) is 22.7 Å². The van der Waals surface area contributed by atoms with Crippen LogP contribution in [0.25, 0.3) is 10.6 Å². The first-order valence-electron chi connectivity index (χ1n) is 4.16. The molecule has 0 fully saturated rings. The SMILES string of the molecule is OCCc1csc(-c2csc(=S)[nH]2)c1. The molecule has 14 heavy (non-hydrogen) atoms. The normalized spacial score (nSPS) is 10.6. The maximum atomic E-state index is 8.79. The fourth-order valence-corrected chi connectivity index (χ4v) is 3.01. The van der Waals surface area contributed by atoms with Crippen LogP contribution in [0, 0.1) is 3.95 Å². The van der Waals surface area contributed by atoms with Gasteiger partial charge in [-0.1, -0.05) is 0 Å². The third kappa shape index (κ3) is 2.12. The van der Waals surface area contributed by atoms with Crippen LogP contribution in [-0.4, -0.2) is 16.7 Å². The van der Waals surface area contributed by atoms with Gasteiger partial charge >= 0.3 is 0 Å². The quantitative estimate of drug-likeness (QED) is 0.813. The van der Waals surface area contributed by atoms with Gasteiger partial charge in [-0.3, -0.25) is 0 Å². The highest BCUT2D eigenvalue weighted by Crippen LogP contribution is 2.27. The standard InChI is InChI=1S/C9H9NOS3/c11-2-1-6-3-8(13-4-6)7-5-14-9(12)10-7/h3-5,11H,1-2H2,(H,10,12). The Morgan fingerprint density at radius 3 is 2.86 bits per heavy atom. The van der Waals surface area contributed by atoms with Gasteiger partial charge in [-0.05, 0) is 35.6 Å². The summed E-state index contributed by atoms with van der Waals surface area (Å²) in [6, 6.07) is 2.09. The minimum atomic E-state index is 0.204. The molecule has 2 heterocycles. The van der Waals surface area contributed by atoms with Crippen molar-refractivity contribution in [2.24, 2.45) is 0 Å². The monoisotopic (exact) mass is 243 g/mol. The Hall–Kier alpha value is -0.490. The van der Waals surface area contributed by atoms with Gasteiger partial charge < -0.3 is 10.1 Å². The van der Waals surface area contributed by atoms with Gasteiger partial charge in [0.05, 0.1) is 10.6 Å². The molecular weight excluding hydrogens is 234 g/mol. The molecule has 0 aliphatic rings. The van der Waals surface area contributed by atoms with Crippen LogP contribution in [0.2, 0.25) is 0 Å². The van der Waals surface area contributed by atoms with E-state index in [-0.39, 0.29) is 6.61 Å². The molecule has 0 bridgehead atoms. The second-order valence-electron chi connectivity index (χ2n) is 2.85. The molecular formula is C9H9NOS3. The zero-order valence-electron chi connectivity index (χ0n) is 7.32. The van der Waals surface area contributed by atoms with Gasteiger partial charge in [0, 0.05) is 12.0 Å². The molecule has 2 rings (SSSR count). The molecule has 0 radical (unpaired) electrons. The highest BCUT2D eigenvalue weighted by Gasteiger charge is 2.03. The van der Waals surface area contributed by atoms with Crippen molar-refractivity contribution in [3.8, 4) is 10.6 Å². The zero-order chi connectivity index (χ0) is 9.97. The van der Waals surface area contributed by atoms with Crippen molar-refractivity contribution in [2.45, 2.75) is 6.42 Å². The molecule has 0 unspecified atom stereocenters. The third-order valence-electron chi connectivity index (χ3n) is 1.84. The first kappa shape index (κ1) is 10.0. The van der Waals surface area contributed by atoms with E-state index >= 15 is 0 Å². The molecule has 74 valence electrons. The Labute approximate surface area is 94.9 Å². The lowest BCUT2D eigenvalue weighted by Gasteiger charge is -1.89. The van der Waals surface area contributed by atoms with Gasteiger partial charge in [0.15, 0.2) is 3.95 Å². The summed E-state index contributed by atoms with van der Waals surface area (Å²) in [5, 5.41) is 12.9. The number of aromatic nitrogens is 1. The maximum Gasteiger partial charge on any atom is 0.158 e. The molecule has 0 saturated heterocycles. The molecule has 0 saturated carbocycles. The maximum absolute atomic E-state index is 8.79. The first-order chi connectivity index (χ1) is 6.79. The summed E-state index contributed by atoms with van der Waals surface area (Å²) in [6.07, 6.45) is 0.724. The molecule has 0 amide bonds. The number of aliphatic hydroxyl groups excluding tert-OH is 1. The first-order valence-corrected chi connectivity index (χ1v) is 6.33. The fourth-order valence-electron chi connectivity index (χ4n) is 1.18. The van der Waals surface area contributed by atoms with E-state index in [2.05, 4.69) is 16.4 Å². The summed E-state index contributed by atoms with van der Waals surface area (Å²) in [6.45, 7) is 0.204. The minimum absolute atomic E-state index is 0.204. The number of H-pyrrole nitrogens is 1. The third-order valence-corrected chi connectivity index (χ3v) is 3.91. The average molecular weight is 243 g/mol. The fraction of sp³-hybridized carbons (Fsp3) is 0.222. The van der Waals surface area contributed by atoms with Crippen LogP contribution in [0.4, 0.5) is 0 Å².